The van der Waals surface area contributed by atoms with E-state index in [9.17, 15) is 0 Å². The Morgan fingerprint density at radius 3 is 2.86 bits per heavy atom. The first-order chi connectivity index (χ1) is 10.3. The summed E-state index contributed by atoms with van der Waals surface area (Å²) in [6.45, 7) is 2.28. The number of imidazole rings is 1. The van der Waals surface area contributed by atoms with Gasteiger partial charge in [-0.25, -0.2) is 4.98 Å². The van der Waals surface area contributed by atoms with Crippen molar-refractivity contribution in [3.63, 3.8) is 0 Å². The van der Waals surface area contributed by atoms with Gasteiger partial charge in [0.1, 0.15) is 11.3 Å². The number of pyridine rings is 1. The average molecular weight is 300 g/mol. The predicted octanol–water partition coefficient (Wildman–Crippen LogP) is 4.68. The molecule has 4 rings (SSSR count). The van der Waals surface area contributed by atoms with Crippen molar-refractivity contribution in [1.29, 1.82) is 0 Å². The van der Waals surface area contributed by atoms with E-state index < -0.39 is 0 Å². The van der Waals surface area contributed by atoms with E-state index in [1.807, 2.05) is 12.3 Å². The van der Waals surface area contributed by atoms with Crippen LogP contribution in [-0.2, 0) is 5.88 Å². The summed E-state index contributed by atoms with van der Waals surface area (Å²) in [6.07, 6.45) is 5.82. The van der Waals surface area contributed by atoms with Crippen LogP contribution in [0.2, 0.25) is 0 Å². The third-order valence-electron chi connectivity index (χ3n) is 4.43. The molecule has 3 nitrogen and oxygen atoms in total. The summed E-state index contributed by atoms with van der Waals surface area (Å²) < 4.78 is 2.34. The highest BCUT2D eigenvalue weighted by molar-refractivity contribution is 6.17. The summed E-state index contributed by atoms with van der Waals surface area (Å²) in [4.78, 5) is 9.21. The van der Waals surface area contributed by atoms with Crippen molar-refractivity contribution in [2.45, 2.75) is 38.1 Å². The molecular weight excluding hydrogens is 282 g/mol. The first kappa shape index (κ1) is 13.1. The highest BCUT2D eigenvalue weighted by Crippen LogP contribution is 2.38. The number of nitrogens with zero attached hydrogens (tertiary/aromatic N) is 3. The summed E-state index contributed by atoms with van der Waals surface area (Å²) in [5, 5.41) is 1.17. The molecule has 0 bridgehead atoms. The molecule has 3 aromatic rings. The maximum Gasteiger partial charge on any atom is 0.125 e. The molecule has 1 aromatic carbocycles. The second-order valence-corrected chi connectivity index (χ2v) is 6.34. The third-order valence-corrected chi connectivity index (χ3v) is 4.67. The fraction of sp³-hybridized carbons (Fsp3) is 0.412. The standard InChI is InChI=1S/C17H18ClN3/c1-11(8-12-6-7-12)21-16(9-18)20-15-10-19-14-5-3-2-4-13(14)17(15)21/h2-5,10-12H,6-9H2,1H3. The minimum Gasteiger partial charge on any atom is -0.324 e. The van der Waals surface area contributed by atoms with Crippen LogP contribution in [0.25, 0.3) is 21.9 Å². The molecule has 1 aliphatic rings. The molecule has 108 valence electrons. The highest BCUT2D eigenvalue weighted by atomic mass is 35.5. The molecule has 0 aliphatic heterocycles. The predicted molar refractivity (Wildman–Crippen MR) is 86.6 cm³/mol. The van der Waals surface area contributed by atoms with Crippen LogP contribution in [0.15, 0.2) is 30.5 Å². The number of hydrogen-bond donors (Lipinski definition) is 0. The van der Waals surface area contributed by atoms with E-state index in [2.05, 4.69) is 34.7 Å². The topological polar surface area (TPSA) is 30.7 Å². The Hall–Kier alpha value is -1.61. The molecule has 0 saturated heterocycles. The smallest absolute Gasteiger partial charge is 0.125 e. The van der Waals surface area contributed by atoms with Gasteiger partial charge >= 0.3 is 0 Å². The van der Waals surface area contributed by atoms with Gasteiger partial charge in [0.25, 0.3) is 0 Å². The summed E-state index contributed by atoms with van der Waals surface area (Å²) in [7, 11) is 0. The third kappa shape index (κ3) is 2.20. The molecule has 2 heterocycles. The van der Waals surface area contributed by atoms with Crippen molar-refractivity contribution in [3.05, 3.63) is 36.3 Å². The Kier molecular flexibility index (Phi) is 3.11. The van der Waals surface area contributed by atoms with Gasteiger partial charge in [0, 0.05) is 11.4 Å². The second kappa shape index (κ2) is 4.99. The van der Waals surface area contributed by atoms with Crippen molar-refractivity contribution in [2.75, 3.05) is 0 Å². The molecule has 0 radical (unpaired) electrons. The Balaban J connectivity index is 1.98. The molecular formula is C17H18ClN3. The maximum atomic E-state index is 6.15. The van der Waals surface area contributed by atoms with Gasteiger partial charge in [-0.2, -0.15) is 0 Å². The van der Waals surface area contributed by atoms with Crippen molar-refractivity contribution < 1.29 is 0 Å². The van der Waals surface area contributed by atoms with Gasteiger partial charge in [0.2, 0.25) is 0 Å². The van der Waals surface area contributed by atoms with Crippen LogP contribution in [0.4, 0.5) is 0 Å². The van der Waals surface area contributed by atoms with E-state index in [0.29, 0.717) is 11.9 Å². The Morgan fingerprint density at radius 2 is 2.10 bits per heavy atom. The Morgan fingerprint density at radius 1 is 1.29 bits per heavy atom. The zero-order valence-corrected chi connectivity index (χ0v) is 12.8. The maximum absolute atomic E-state index is 6.15. The highest BCUT2D eigenvalue weighted by Gasteiger charge is 2.26. The summed E-state index contributed by atoms with van der Waals surface area (Å²) >= 11 is 6.15. The van der Waals surface area contributed by atoms with Gasteiger partial charge in [0.05, 0.1) is 23.1 Å². The average Bonchev–Trinajstić information content (AvgIpc) is 3.23. The molecule has 1 aliphatic carbocycles. The zero-order valence-electron chi connectivity index (χ0n) is 12.1. The Labute approximate surface area is 129 Å². The normalized spacial score (nSPS) is 16.7. The molecule has 1 saturated carbocycles. The lowest BCUT2D eigenvalue weighted by atomic mass is 10.1. The lowest BCUT2D eigenvalue weighted by molar-refractivity contribution is 0.478. The van der Waals surface area contributed by atoms with Crippen LogP contribution in [0.5, 0.6) is 0 Å². The number of fused-ring (bicyclic) bond motifs is 3. The quantitative estimate of drug-likeness (QED) is 0.655. The SMILES string of the molecule is CC(CC1CC1)n1c(CCl)nc2cnc3ccccc3c21. The van der Waals surface area contributed by atoms with Gasteiger partial charge in [0.15, 0.2) is 0 Å². The van der Waals surface area contributed by atoms with Crippen molar-refractivity contribution >= 4 is 33.5 Å². The van der Waals surface area contributed by atoms with Crippen LogP contribution in [0, 0.1) is 5.92 Å². The van der Waals surface area contributed by atoms with Crippen LogP contribution in [0.3, 0.4) is 0 Å². The number of rotatable bonds is 4. The van der Waals surface area contributed by atoms with Gasteiger partial charge in [-0.05, 0) is 25.3 Å². The molecule has 1 atom stereocenters. The lowest BCUT2D eigenvalue weighted by Crippen LogP contribution is -2.09. The zero-order chi connectivity index (χ0) is 14.4. The number of aromatic nitrogens is 3. The first-order valence-electron chi connectivity index (χ1n) is 7.58. The number of alkyl halides is 1. The molecule has 4 heteroatoms. The van der Waals surface area contributed by atoms with Crippen LogP contribution >= 0.6 is 11.6 Å². The molecule has 1 fully saturated rings. The fourth-order valence-electron chi connectivity index (χ4n) is 3.28. The van der Waals surface area contributed by atoms with E-state index >= 15 is 0 Å². The lowest BCUT2D eigenvalue weighted by Gasteiger charge is -2.17. The minimum absolute atomic E-state index is 0.432. The number of halogens is 1. The van der Waals surface area contributed by atoms with Crippen LogP contribution < -0.4 is 0 Å². The number of para-hydroxylation sites is 1. The van der Waals surface area contributed by atoms with Crippen LogP contribution in [-0.4, -0.2) is 14.5 Å². The van der Waals surface area contributed by atoms with Gasteiger partial charge in [-0.1, -0.05) is 31.0 Å². The molecule has 21 heavy (non-hydrogen) atoms. The monoisotopic (exact) mass is 299 g/mol. The van der Waals surface area contributed by atoms with E-state index in [4.69, 9.17) is 16.6 Å². The summed E-state index contributed by atoms with van der Waals surface area (Å²) in [5.74, 6) is 2.28. The van der Waals surface area contributed by atoms with Gasteiger partial charge in [-0.3, -0.25) is 4.98 Å². The first-order valence-corrected chi connectivity index (χ1v) is 8.12. The van der Waals surface area contributed by atoms with Crippen molar-refractivity contribution in [2.24, 2.45) is 5.92 Å². The molecule has 2 aromatic heterocycles. The van der Waals surface area contributed by atoms with Crippen LogP contribution in [0.1, 0.15) is 38.1 Å². The fourth-order valence-corrected chi connectivity index (χ4v) is 3.47. The van der Waals surface area contributed by atoms with Crippen molar-refractivity contribution in [1.82, 2.24) is 14.5 Å². The summed E-state index contributed by atoms with van der Waals surface area (Å²) in [5.41, 5.74) is 3.15. The largest absolute Gasteiger partial charge is 0.324 e. The molecule has 0 amide bonds. The number of hydrogen-bond acceptors (Lipinski definition) is 2. The summed E-state index contributed by atoms with van der Waals surface area (Å²) in [6, 6.07) is 8.70. The Bertz CT molecular complexity index is 804. The number of benzene rings is 1. The van der Waals surface area contributed by atoms with E-state index in [-0.39, 0.29) is 0 Å². The van der Waals surface area contributed by atoms with Gasteiger partial charge in [-0.15, -0.1) is 11.6 Å². The van der Waals surface area contributed by atoms with E-state index in [1.54, 1.807) is 0 Å². The minimum atomic E-state index is 0.432. The molecule has 1 unspecified atom stereocenters. The van der Waals surface area contributed by atoms with Crippen molar-refractivity contribution in [3.8, 4) is 0 Å². The van der Waals surface area contributed by atoms with Gasteiger partial charge < -0.3 is 4.57 Å². The van der Waals surface area contributed by atoms with E-state index in [0.717, 1.165) is 22.8 Å². The van der Waals surface area contributed by atoms with E-state index in [1.165, 1.54) is 30.2 Å². The second-order valence-electron chi connectivity index (χ2n) is 6.07. The molecule has 0 spiro atoms. The molecule has 0 N–H and O–H groups in total.